The van der Waals surface area contributed by atoms with Gasteiger partial charge in [0.05, 0.1) is 24.9 Å². The second-order valence-corrected chi connectivity index (χ2v) is 5.32. The fraction of sp³-hybridized carbons (Fsp3) is 0.625. The average molecular weight is 281 g/mol. The smallest absolute Gasteiger partial charge is 0.0897 e. The van der Waals surface area contributed by atoms with E-state index in [1.807, 2.05) is 37.3 Å². The molecule has 2 atom stereocenters. The summed E-state index contributed by atoms with van der Waals surface area (Å²) in [7, 11) is 0. The van der Waals surface area contributed by atoms with Crippen molar-refractivity contribution < 1.29 is 14.9 Å². The van der Waals surface area contributed by atoms with E-state index in [0.717, 1.165) is 18.4 Å². The van der Waals surface area contributed by atoms with Gasteiger partial charge < -0.3 is 20.3 Å². The maximum absolute atomic E-state index is 9.89. The summed E-state index contributed by atoms with van der Waals surface area (Å²) < 4.78 is 5.39. The molecule has 0 fully saturated rings. The van der Waals surface area contributed by atoms with E-state index in [4.69, 9.17) is 4.74 Å². The fourth-order valence-electron chi connectivity index (χ4n) is 1.92. The molecule has 0 saturated carbocycles. The molecule has 1 rings (SSSR count). The van der Waals surface area contributed by atoms with Crippen LogP contribution < -0.4 is 5.32 Å². The average Bonchev–Trinajstić information content (AvgIpc) is 2.50. The molecule has 4 heteroatoms. The van der Waals surface area contributed by atoms with Crippen LogP contribution in [0.4, 0.5) is 0 Å². The van der Waals surface area contributed by atoms with Crippen molar-refractivity contribution in [2.75, 3.05) is 26.4 Å². The molecule has 0 heterocycles. The third kappa shape index (κ3) is 5.59. The van der Waals surface area contributed by atoms with Crippen molar-refractivity contribution in [1.29, 1.82) is 0 Å². The summed E-state index contributed by atoms with van der Waals surface area (Å²) in [5.41, 5.74) is 0.452. The summed E-state index contributed by atoms with van der Waals surface area (Å²) in [6, 6.07) is 9.75. The molecule has 0 aliphatic rings. The van der Waals surface area contributed by atoms with Gasteiger partial charge in [0, 0.05) is 13.2 Å². The molecule has 0 saturated heterocycles. The van der Waals surface area contributed by atoms with Crippen LogP contribution in [0.3, 0.4) is 0 Å². The lowest BCUT2D eigenvalue weighted by molar-refractivity contribution is 0.0290. The molecule has 0 bridgehead atoms. The van der Waals surface area contributed by atoms with Crippen LogP contribution in [-0.4, -0.2) is 42.7 Å². The Morgan fingerprint density at radius 2 is 2.00 bits per heavy atom. The molecule has 0 aromatic heterocycles. The lowest BCUT2D eigenvalue weighted by Gasteiger charge is -2.30. The zero-order valence-electron chi connectivity index (χ0n) is 12.5. The summed E-state index contributed by atoms with van der Waals surface area (Å²) in [4.78, 5) is 0. The van der Waals surface area contributed by atoms with Crippen LogP contribution in [0.5, 0.6) is 0 Å². The van der Waals surface area contributed by atoms with E-state index in [1.165, 1.54) is 0 Å². The zero-order chi connectivity index (χ0) is 14.8. The van der Waals surface area contributed by atoms with Crippen molar-refractivity contribution >= 4 is 0 Å². The number of hydrogen-bond donors (Lipinski definition) is 3. The second-order valence-electron chi connectivity index (χ2n) is 5.32. The number of aliphatic hydroxyl groups excluding tert-OH is 2. The number of ether oxygens (including phenoxy) is 1. The lowest BCUT2D eigenvalue weighted by Crippen LogP contribution is -2.47. The predicted octanol–water partition coefficient (Wildman–Crippen LogP) is 1.66. The first kappa shape index (κ1) is 17.1. The van der Waals surface area contributed by atoms with Gasteiger partial charge in [-0.1, -0.05) is 43.7 Å². The summed E-state index contributed by atoms with van der Waals surface area (Å²) in [5, 5.41) is 22.7. The minimum absolute atomic E-state index is 0.0274. The van der Waals surface area contributed by atoms with E-state index in [0.29, 0.717) is 19.8 Å². The Balaban J connectivity index is 2.41. The molecule has 1 aromatic rings. The van der Waals surface area contributed by atoms with Crippen LogP contribution >= 0.6 is 0 Å². The Bertz CT molecular complexity index is 358. The van der Waals surface area contributed by atoms with Crippen molar-refractivity contribution in [2.24, 2.45) is 0 Å². The highest BCUT2D eigenvalue weighted by Gasteiger charge is 2.25. The number of rotatable bonds is 10. The van der Waals surface area contributed by atoms with Crippen molar-refractivity contribution in [1.82, 2.24) is 5.32 Å². The molecule has 1 aromatic carbocycles. The van der Waals surface area contributed by atoms with Gasteiger partial charge >= 0.3 is 0 Å². The number of nitrogens with one attached hydrogen (secondary N) is 1. The zero-order valence-corrected chi connectivity index (χ0v) is 12.5. The molecule has 20 heavy (non-hydrogen) atoms. The van der Waals surface area contributed by atoms with Crippen molar-refractivity contribution in [2.45, 2.75) is 38.3 Å². The standard InChI is InChI=1S/C16H27NO3/c1-3-4-10-20-12-15(19)11-17-16(2,13-18)14-8-6-5-7-9-14/h5-9,15,17-19H,3-4,10-13H2,1-2H3. The molecule has 0 spiro atoms. The van der Waals surface area contributed by atoms with Gasteiger partial charge in [-0.15, -0.1) is 0 Å². The van der Waals surface area contributed by atoms with Crippen molar-refractivity contribution in [3.63, 3.8) is 0 Å². The van der Waals surface area contributed by atoms with Crippen molar-refractivity contribution in [3.8, 4) is 0 Å². The number of hydrogen-bond acceptors (Lipinski definition) is 4. The van der Waals surface area contributed by atoms with E-state index in [2.05, 4.69) is 12.2 Å². The molecular weight excluding hydrogens is 254 g/mol. The molecule has 0 amide bonds. The van der Waals surface area contributed by atoms with Gasteiger partial charge in [-0.25, -0.2) is 0 Å². The monoisotopic (exact) mass is 281 g/mol. The van der Waals surface area contributed by atoms with Gasteiger partial charge in [-0.2, -0.15) is 0 Å². The first-order valence-electron chi connectivity index (χ1n) is 7.29. The molecule has 0 radical (unpaired) electrons. The lowest BCUT2D eigenvalue weighted by atomic mass is 9.93. The van der Waals surface area contributed by atoms with Gasteiger partial charge in [-0.05, 0) is 18.9 Å². The first-order chi connectivity index (χ1) is 9.62. The molecular formula is C16H27NO3. The molecule has 114 valence electrons. The number of unbranched alkanes of at least 4 members (excludes halogenated alkanes) is 1. The van der Waals surface area contributed by atoms with E-state index in [1.54, 1.807) is 0 Å². The van der Waals surface area contributed by atoms with E-state index in [-0.39, 0.29) is 6.61 Å². The van der Waals surface area contributed by atoms with Crippen LogP contribution in [-0.2, 0) is 10.3 Å². The second kappa shape index (κ2) is 9.08. The van der Waals surface area contributed by atoms with Gasteiger partial charge in [0.25, 0.3) is 0 Å². The van der Waals surface area contributed by atoms with Crippen LogP contribution in [0, 0.1) is 0 Å². The van der Waals surface area contributed by atoms with Crippen molar-refractivity contribution in [3.05, 3.63) is 35.9 Å². The fourth-order valence-corrected chi connectivity index (χ4v) is 1.92. The topological polar surface area (TPSA) is 61.7 Å². The maximum Gasteiger partial charge on any atom is 0.0897 e. The number of benzene rings is 1. The summed E-state index contributed by atoms with van der Waals surface area (Å²) in [6.45, 7) is 5.40. The summed E-state index contributed by atoms with van der Waals surface area (Å²) in [5.74, 6) is 0. The predicted molar refractivity (Wildman–Crippen MR) is 80.6 cm³/mol. The van der Waals surface area contributed by atoms with Gasteiger partial charge in [-0.3, -0.25) is 0 Å². The summed E-state index contributed by atoms with van der Waals surface area (Å²) in [6.07, 6.45) is 1.53. The molecule has 4 nitrogen and oxygen atoms in total. The highest BCUT2D eigenvalue weighted by atomic mass is 16.5. The Morgan fingerprint density at radius 3 is 2.60 bits per heavy atom. The minimum Gasteiger partial charge on any atom is -0.394 e. The molecule has 2 unspecified atom stereocenters. The first-order valence-corrected chi connectivity index (χ1v) is 7.29. The van der Waals surface area contributed by atoms with Crippen LogP contribution in [0.1, 0.15) is 32.3 Å². The van der Waals surface area contributed by atoms with Crippen LogP contribution in [0.2, 0.25) is 0 Å². The minimum atomic E-state index is -0.568. The number of aliphatic hydroxyl groups is 2. The third-order valence-corrected chi connectivity index (χ3v) is 3.41. The molecule has 3 N–H and O–H groups in total. The van der Waals surface area contributed by atoms with Gasteiger partial charge in [0.2, 0.25) is 0 Å². The van der Waals surface area contributed by atoms with E-state index < -0.39 is 11.6 Å². The summed E-state index contributed by atoms with van der Waals surface area (Å²) >= 11 is 0. The van der Waals surface area contributed by atoms with E-state index in [9.17, 15) is 10.2 Å². The third-order valence-electron chi connectivity index (χ3n) is 3.41. The van der Waals surface area contributed by atoms with Crippen LogP contribution in [0.15, 0.2) is 30.3 Å². The quantitative estimate of drug-likeness (QED) is 0.571. The Morgan fingerprint density at radius 1 is 1.30 bits per heavy atom. The van der Waals surface area contributed by atoms with Gasteiger partial charge in [0.1, 0.15) is 0 Å². The Kier molecular flexibility index (Phi) is 7.77. The largest absolute Gasteiger partial charge is 0.394 e. The Hall–Kier alpha value is -0.940. The highest BCUT2D eigenvalue weighted by Crippen LogP contribution is 2.19. The Labute approximate surface area is 121 Å². The molecule has 0 aliphatic heterocycles. The maximum atomic E-state index is 9.89. The normalized spacial score (nSPS) is 15.8. The van der Waals surface area contributed by atoms with Gasteiger partial charge in [0.15, 0.2) is 0 Å². The molecule has 0 aliphatic carbocycles. The SMILES string of the molecule is CCCCOCC(O)CNC(C)(CO)c1ccccc1. The highest BCUT2D eigenvalue weighted by molar-refractivity contribution is 5.23. The van der Waals surface area contributed by atoms with Crippen LogP contribution in [0.25, 0.3) is 0 Å². The van der Waals surface area contributed by atoms with E-state index >= 15 is 0 Å².